The Balaban J connectivity index is 0. The van der Waals surface area contributed by atoms with Gasteiger partial charge in [0.05, 0.1) is 11.2 Å². The average Bonchev–Trinajstić information content (AvgIpc) is 2.13. The fourth-order valence-corrected chi connectivity index (χ4v) is 4.08. The molecule has 0 aromatic carbocycles. The molecule has 3 heteroatoms. The number of aliphatic hydroxyl groups excluding tert-OH is 1. The Morgan fingerprint density at radius 2 is 1.45 bits per heavy atom. The van der Waals surface area contributed by atoms with Crippen molar-refractivity contribution < 1.29 is 5.11 Å². The van der Waals surface area contributed by atoms with Gasteiger partial charge >= 0.3 is 0 Å². The molecule has 0 bridgehead atoms. The van der Waals surface area contributed by atoms with Gasteiger partial charge < -0.3 is 5.11 Å². The van der Waals surface area contributed by atoms with Crippen LogP contribution in [0.25, 0.3) is 0 Å². The minimum atomic E-state index is 0. The van der Waals surface area contributed by atoms with E-state index in [-0.39, 0.29) is 14.9 Å². The third-order valence-electron chi connectivity index (χ3n) is 1.54. The highest BCUT2D eigenvalue weighted by atomic mass is 32.2. The van der Waals surface area contributed by atoms with E-state index in [0.29, 0.717) is 21.7 Å². The molecule has 1 nitrogen and oxygen atoms in total. The largest absolute Gasteiger partial charge is 0.394 e. The van der Waals surface area contributed by atoms with Gasteiger partial charge in [0.15, 0.2) is 0 Å². The van der Waals surface area contributed by atoms with Crippen molar-refractivity contribution in [2.24, 2.45) is 0 Å². The summed E-state index contributed by atoms with van der Waals surface area (Å²) in [5.41, 5.74) is 0. The second-order valence-corrected chi connectivity index (χ2v) is 5.76. The van der Waals surface area contributed by atoms with E-state index in [9.17, 15) is 0 Å². The van der Waals surface area contributed by atoms with Crippen molar-refractivity contribution >= 4 is 23.5 Å². The van der Waals surface area contributed by atoms with E-state index in [1.165, 1.54) is 0 Å². The summed E-state index contributed by atoms with van der Waals surface area (Å²) in [5.74, 6) is 0. The Morgan fingerprint density at radius 1 is 1.09 bits per heavy atom. The summed E-state index contributed by atoms with van der Waals surface area (Å²) in [6, 6.07) is 0. The number of thioether (sulfide) groups is 2. The molecule has 0 aliphatic carbocycles. The fourth-order valence-electron chi connectivity index (χ4n) is 0.818. The second-order valence-electron chi connectivity index (χ2n) is 2.29. The van der Waals surface area contributed by atoms with Crippen LogP contribution < -0.4 is 0 Å². The molecule has 0 aromatic rings. The second kappa shape index (κ2) is 6.21. The maximum absolute atomic E-state index is 8.76. The van der Waals surface area contributed by atoms with Crippen molar-refractivity contribution in [1.29, 1.82) is 0 Å². The Kier molecular flexibility index (Phi) is 8.01. The molecule has 2 unspecified atom stereocenters. The van der Waals surface area contributed by atoms with Crippen molar-refractivity contribution in [2.45, 2.75) is 43.8 Å². The molecule has 1 saturated heterocycles. The Morgan fingerprint density at radius 3 is 1.64 bits per heavy atom. The van der Waals surface area contributed by atoms with Crippen LogP contribution in [0.15, 0.2) is 0 Å². The van der Waals surface area contributed by atoms with Gasteiger partial charge in [-0.25, -0.2) is 0 Å². The van der Waals surface area contributed by atoms with E-state index >= 15 is 0 Å². The zero-order chi connectivity index (χ0) is 6.85. The van der Waals surface area contributed by atoms with Crippen LogP contribution in [0.1, 0.15) is 28.7 Å². The Bertz CT molecular complexity index is 88.1. The van der Waals surface area contributed by atoms with Crippen LogP contribution in [-0.4, -0.2) is 26.8 Å². The van der Waals surface area contributed by atoms with E-state index < -0.39 is 0 Å². The van der Waals surface area contributed by atoms with Crippen molar-refractivity contribution in [3.05, 3.63) is 0 Å². The number of rotatable bonds is 1. The maximum atomic E-state index is 8.76. The first-order valence-electron chi connectivity index (χ1n) is 3.16. The van der Waals surface area contributed by atoms with Crippen molar-refractivity contribution in [3.8, 4) is 0 Å². The minimum absolute atomic E-state index is 0. The van der Waals surface area contributed by atoms with E-state index in [0.717, 1.165) is 0 Å². The van der Waals surface area contributed by atoms with Crippen LogP contribution in [-0.2, 0) is 0 Å². The number of hydrogen-bond donors (Lipinski definition) is 1. The quantitative estimate of drug-likeness (QED) is 0.696. The van der Waals surface area contributed by atoms with Crippen LogP contribution >= 0.6 is 23.5 Å². The van der Waals surface area contributed by atoms with Gasteiger partial charge in [-0.2, -0.15) is 0 Å². The normalized spacial score (nSPS) is 35.7. The predicted octanol–water partition coefficient (Wildman–Crippen LogP) is 2.83. The summed E-state index contributed by atoms with van der Waals surface area (Å²) >= 11 is 3.77. The highest BCUT2D eigenvalue weighted by molar-refractivity contribution is 8.20. The lowest BCUT2D eigenvalue weighted by Gasteiger charge is -2.02. The smallest absolute Gasteiger partial charge is 0.0739 e. The van der Waals surface area contributed by atoms with Crippen LogP contribution in [0.5, 0.6) is 0 Å². The summed E-state index contributed by atoms with van der Waals surface area (Å²) < 4.78 is 0.440. The summed E-state index contributed by atoms with van der Waals surface area (Å²) in [7, 11) is 0. The molecule has 1 aliphatic rings. The van der Waals surface area contributed by atoms with Crippen LogP contribution in [0, 0.1) is 0 Å². The predicted molar refractivity (Wildman–Crippen MR) is 58.4 cm³/mol. The third-order valence-corrected chi connectivity index (χ3v) is 4.96. The van der Waals surface area contributed by atoms with Crippen molar-refractivity contribution in [1.82, 2.24) is 0 Å². The van der Waals surface area contributed by atoms with Gasteiger partial charge in [0.1, 0.15) is 0 Å². The van der Waals surface area contributed by atoms with Gasteiger partial charge in [-0.1, -0.05) is 28.7 Å². The molecule has 11 heavy (non-hydrogen) atoms. The zero-order valence-electron chi connectivity index (χ0n) is 5.70. The molecule has 2 atom stereocenters. The Hall–Kier alpha value is 0.660. The summed E-state index contributed by atoms with van der Waals surface area (Å²) in [6.45, 7) is 4.76. The lowest BCUT2D eigenvalue weighted by Crippen LogP contribution is -2.04. The number of aliphatic hydroxyl groups is 1. The molecule has 1 rings (SSSR count). The molecule has 1 fully saturated rings. The van der Waals surface area contributed by atoms with Gasteiger partial charge in [-0.05, 0) is 0 Å². The molecule has 0 radical (unpaired) electrons. The molecule has 1 N–H and O–H groups in total. The third kappa shape index (κ3) is 3.72. The molecule has 0 aromatic heterocycles. The average molecular weight is 196 g/mol. The summed E-state index contributed by atoms with van der Waals surface area (Å²) in [6.07, 6.45) is 0. The molecular formula is C8H20OS2. The SMILES string of the molecule is C.C.CC1SC(CO)SC1C. The van der Waals surface area contributed by atoms with E-state index in [1.54, 1.807) is 0 Å². The fraction of sp³-hybridized carbons (Fsp3) is 1.00. The topological polar surface area (TPSA) is 20.2 Å². The first kappa shape index (κ1) is 14.2. The Labute approximate surface area is 79.3 Å². The van der Waals surface area contributed by atoms with E-state index in [2.05, 4.69) is 13.8 Å². The summed E-state index contributed by atoms with van der Waals surface area (Å²) in [5, 5.41) is 10.2. The highest BCUT2D eigenvalue weighted by Crippen LogP contribution is 2.42. The van der Waals surface area contributed by atoms with E-state index in [4.69, 9.17) is 5.11 Å². The minimum Gasteiger partial charge on any atom is -0.394 e. The van der Waals surface area contributed by atoms with Crippen molar-refractivity contribution in [2.75, 3.05) is 6.61 Å². The van der Waals surface area contributed by atoms with Gasteiger partial charge in [-0.3, -0.25) is 0 Å². The number of hydrogen-bond acceptors (Lipinski definition) is 3. The molecule has 70 valence electrons. The molecule has 0 saturated carbocycles. The molecular weight excluding hydrogens is 176 g/mol. The van der Waals surface area contributed by atoms with Crippen LogP contribution in [0.2, 0.25) is 0 Å². The maximum Gasteiger partial charge on any atom is 0.0739 e. The van der Waals surface area contributed by atoms with Gasteiger partial charge in [0, 0.05) is 10.5 Å². The highest BCUT2D eigenvalue weighted by Gasteiger charge is 2.28. The molecule has 1 aliphatic heterocycles. The van der Waals surface area contributed by atoms with Crippen LogP contribution in [0.4, 0.5) is 0 Å². The first-order chi connectivity index (χ1) is 4.24. The van der Waals surface area contributed by atoms with Crippen LogP contribution in [0.3, 0.4) is 0 Å². The molecule has 0 spiro atoms. The van der Waals surface area contributed by atoms with Crippen molar-refractivity contribution in [3.63, 3.8) is 0 Å². The monoisotopic (exact) mass is 196 g/mol. The summed E-state index contributed by atoms with van der Waals surface area (Å²) in [4.78, 5) is 0. The van der Waals surface area contributed by atoms with E-state index in [1.807, 2.05) is 23.5 Å². The van der Waals surface area contributed by atoms with Gasteiger partial charge in [0.2, 0.25) is 0 Å². The van der Waals surface area contributed by atoms with Gasteiger partial charge in [0.25, 0.3) is 0 Å². The standard InChI is InChI=1S/C6H12OS2.2CH4/c1-4-5(2)9-6(3-7)8-4;;/h4-7H,3H2,1-2H3;2*1H4. The zero-order valence-corrected chi connectivity index (χ0v) is 7.34. The molecule has 1 heterocycles. The van der Waals surface area contributed by atoms with Gasteiger partial charge in [-0.15, -0.1) is 23.5 Å². The lowest BCUT2D eigenvalue weighted by molar-refractivity contribution is 0.316. The first-order valence-corrected chi connectivity index (χ1v) is 5.04. The molecule has 0 amide bonds. The lowest BCUT2D eigenvalue weighted by atomic mass is 10.4.